The van der Waals surface area contributed by atoms with Gasteiger partial charge in [-0.3, -0.25) is 0 Å². The van der Waals surface area contributed by atoms with Crippen LogP contribution >= 0.6 is 7.82 Å². The van der Waals surface area contributed by atoms with Crippen molar-refractivity contribution in [1.29, 1.82) is 0 Å². The van der Waals surface area contributed by atoms with Gasteiger partial charge in [0.15, 0.2) is 0 Å². The molecule has 0 aromatic rings. The molecule has 0 atom stereocenters. The van der Waals surface area contributed by atoms with E-state index < -0.39 is 7.82 Å². The predicted molar refractivity (Wildman–Crippen MR) is 84.4 cm³/mol. The first-order valence-electron chi connectivity index (χ1n) is 7.65. The van der Waals surface area contributed by atoms with Gasteiger partial charge in [0.25, 0.3) is 0 Å². The van der Waals surface area contributed by atoms with Crippen molar-refractivity contribution in [1.82, 2.24) is 0 Å². The van der Waals surface area contributed by atoms with Crippen molar-refractivity contribution in [2.45, 2.75) is 64.7 Å². The quantitative estimate of drug-likeness (QED) is 0.328. The predicted octanol–water partition coefficient (Wildman–Crippen LogP) is 3.29. The lowest BCUT2D eigenvalue weighted by Crippen LogP contribution is -2.35. The monoisotopic (exact) mass is 312 g/mol. The molecule has 3 N–H and O–H groups in total. The van der Waals surface area contributed by atoms with Crippen LogP contribution in [-0.4, -0.2) is 46.9 Å². The van der Waals surface area contributed by atoms with Crippen molar-refractivity contribution in [2.75, 3.05) is 27.7 Å². The minimum absolute atomic E-state index is 1.12. The van der Waals surface area contributed by atoms with Gasteiger partial charge >= 0.3 is 7.82 Å². The summed E-state index contributed by atoms with van der Waals surface area (Å²) in [6.07, 6.45) is 12.9. The summed E-state index contributed by atoms with van der Waals surface area (Å²) in [6.45, 7) is 3.61. The molecule has 0 saturated heterocycles. The Labute approximate surface area is 124 Å². The van der Waals surface area contributed by atoms with E-state index >= 15 is 0 Å². The summed E-state index contributed by atoms with van der Waals surface area (Å²) in [4.78, 5) is 21.6. The fourth-order valence-corrected chi connectivity index (χ4v) is 1.90. The standard InChI is InChI=1S/C14H32N.H3O4P/c1-5-6-7-8-9-10-11-12-13-14-15(2,3)4;1-5(2,3)4/h5-14H2,1-4H3;(H3,1,2,3,4)/q+1;. The second kappa shape index (κ2) is 12.8. The third kappa shape index (κ3) is 36.1. The van der Waals surface area contributed by atoms with E-state index in [-0.39, 0.29) is 0 Å². The molecule has 0 radical (unpaired) electrons. The van der Waals surface area contributed by atoms with E-state index in [2.05, 4.69) is 28.1 Å². The molecular weight excluding hydrogens is 277 g/mol. The molecule has 0 aliphatic rings. The third-order valence-corrected chi connectivity index (χ3v) is 2.93. The number of nitrogens with zero attached hydrogens (tertiary/aromatic N) is 1. The second-order valence-electron chi connectivity index (χ2n) is 6.36. The van der Waals surface area contributed by atoms with Gasteiger partial charge in [0, 0.05) is 0 Å². The third-order valence-electron chi connectivity index (χ3n) is 2.93. The van der Waals surface area contributed by atoms with Gasteiger partial charge in [0.1, 0.15) is 0 Å². The molecule has 0 unspecified atom stereocenters. The average Bonchev–Trinajstić information content (AvgIpc) is 2.23. The normalized spacial score (nSPS) is 11.9. The highest BCUT2D eigenvalue weighted by molar-refractivity contribution is 7.45. The fraction of sp³-hybridized carbons (Fsp3) is 1.00. The Hall–Kier alpha value is 0.0700. The Kier molecular flexibility index (Phi) is 14.3. The lowest BCUT2D eigenvalue weighted by Gasteiger charge is -2.23. The zero-order valence-corrected chi connectivity index (χ0v) is 14.6. The summed E-state index contributed by atoms with van der Waals surface area (Å²) in [5.74, 6) is 0. The summed E-state index contributed by atoms with van der Waals surface area (Å²) >= 11 is 0. The molecule has 0 rings (SSSR count). The number of quaternary nitrogens is 1. The molecule has 0 aliphatic carbocycles. The topological polar surface area (TPSA) is 77.8 Å². The highest BCUT2D eigenvalue weighted by Crippen LogP contribution is 2.25. The SMILES string of the molecule is CCCCCCCCCCC[N+](C)(C)C.O=P(O)(O)O. The first-order valence-corrected chi connectivity index (χ1v) is 9.21. The van der Waals surface area contributed by atoms with Gasteiger partial charge in [-0.15, -0.1) is 0 Å². The molecule has 0 fully saturated rings. The number of unbranched alkanes of at least 4 members (excludes halogenated alkanes) is 8. The Bertz CT molecular complexity index is 240. The molecular formula is C14H35NO4P+. The molecule has 0 saturated carbocycles. The molecule has 6 heteroatoms. The first kappa shape index (κ1) is 22.4. The largest absolute Gasteiger partial charge is 0.466 e. The van der Waals surface area contributed by atoms with Crippen molar-refractivity contribution in [3.8, 4) is 0 Å². The van der Waals surface area contributed by atoms with E-state index in [1.807, 2.05) is 0 Å². The second-order valence-corrected chi connectivity index (χ2v) is 7.38. The van der Waals surface area contributed by atoms with Crippen LogP contribution in [0.4, 0.5) is 0 Å². The first-order chi connectivity index (χ1) is 9.06. The smallest absolute Gasteiger partial charge is 0.331 e. The Morgan fingerprint density at radius 2 is 1.05 bits per heavy atom. The molecule has 0 amide bonds. The van der Waals surface area contributed by atoms with Crippen LogP contribution in [-0.2, 0) is 4.57 Å². The van der Waals surface area contributed by atoms with E-state index in [0.29, 0.717) is 0 Å². The van der Waals surface area contributed by atoms with E-state index in [1.165, 1.54) is 64.3 Å². The molecule has 0 aromatic carbocycles. The van der Waals surface area contributed by atoms with Crippen LogP contribution < -0.4 is 0 Å². The molecule has 20 heavy (non-hydrogen) atoms. The van der Waals surface area contributed by atoms with Gasteiger partial charge in [0.2, 0.25) is 0 Å². The molecule has 0 aliphatic heterocycles. The summed E-state index contributed by atoms with van der Waals surface area (Å²) < 4.78 is 10.0. The highest BCUT2D eigenvalue weighted by atomic mass is 31.2. The maximum absolute atomic E-state index is 8.88. The van der Waals surface area contributed by atoms with Crippen molar-refractivity contribution >= 4 is 7.82 Å². The zero-order valence-electron chi connectivity index (χ0n) is 13.7. The molecule has 0 aromatic heterocycles. The van der Waals surface area contributed by atoms with Crippen molar-refractivity contribution < 1.29 is 23.7 Å². The summed E-state index contributed by atoms with van der Waals surface area (Å²) in [7, 11) is 2.21. The van der Waals surface area contributed by atoms with Crippen molar-refractivity contribution in [3.05, 3.63) is 0 Å². The van der Waals surface area contributed by atoms with Crippen LogP contribution in [0.25, 0.3) is 0 Å². The van der Waals surface area contributed by atoms with Gasteiger partial charge in [-0.05, 0) is 12.8 Å². The van der Waals surface area contributed by atoms with Gasteiger partial charge < -0.3 is 19.2 Å². The Morgan fingerprint density at radius 1 is 0.750 bits per heavy atom. The average molecular weight is 312 g/mol. The number of rotatable bonds is 10. The van der Waals surface area contributed by atoms with Crippen LogP contribution in [0.2, 0.25) is 0 Å². The summed E-state index contributed by atoms with van der Waals surface area (Å²) in [5, 5.41) is 0. The molecule has 5 nitrogen and oxygen atoms in total. The van der Waals surface area contributed by atoms with Crippen molar-refractivity contribution in [3.63, 3.8) is 0 Å². The van der Waals surface area contributed by atoms with Gasteiger partial charge in [0.05, 0.1) is 27.7 Å². The van der Waals surface area contributed by atoms with E-state index in [1.54, 1.807) is 0 Å². The van der Waals surface area contributed by atoms with E-state index in [4.69, 9.17) is 19.2 Å². The summed E-state index contributed by atoms with van der Waals surface area (Å²) in [5.41, 5.74) is 0. The molecule has 0 bridgehead atoms. The van der Waals surface area contributed by atoms with Gasteiger partial charge in [-0.1, -0.05) is 51.9 Å². The van der Waals surface area contributed by atoms with E-state index in [0.717, 1.165) is 4.48 Å². The van der Waals surface area contributed by atoms with Crippen LogP contribution in [0.15, 0.2) is 0 Å². The Balaban J connectivity index is 0. The Morgan fingerprint density at radius 3 is 1.35 bits per heavy atom. The fourth-order valence-electron chi connectivity index (χ4n) is 1.90. The van der Waals surface area contributed by atoms with Crippen molar-refractivity contribution in [2.24, 2.45) is 0 Å². The zero-order chi connectivity index (χ0) is 16.1. The van der Waals surface area contributed by atoms with Crippen LogP contribution in [0.3, 0.4) is 0 Å². The number of hydrogen-bond acceptors (Lipinski definition) is 1. The molecule has 0 spiro atoms. The highest BCUT2D eigenvalue weighted by Gasteiger charge is 2.04. The van der Waals surface area contributed by atoms with E-state index in [9.17, 15) is 0 Å². The number of phosphoric acid groups is 1. The minimum Gasteiger partial charge on any atom is -0.331 e. The minimum atomic E-state index is -4.64. The number of hydrogen-bond donors (Lipinski definition) is 3. The molecule has 0 heterocycles. The van der Waals surface area contributed by atoms with Gasteiger partial charge in [-0.2, -0.15) is 0 Å². The maximum atomic E-state index is 8.88. The maximum Gasteiger partial charge on any atom is 0.466 e. The lowest BCUT2D eigenvalue weighted by molar-refractivity contribution is -0.870. The molecule has 124 valence electrons. The van der Waals surface area contributed by atoms with Crippen LogP contribution in [0.1, 0.15) is 64.7 Å². The van der Waals surface area contributed by atoms with Crippen LogP contribution in [0, 0.1) is 0 Å². The summed E-state index contributed by atoms with van der Waals surface area (Å²) in [6, 6.07) is 0. The van der Waals surface area contributed by atoms with Gasteiger partial charge in [-0.25, -0.2) is 4.57 Å². The van der Waals surface area contributed by atoms with Crippen LogP contribution in [0.5, 0.6) is 0 Å². The lowest BCUT2D eigenvalue weighted by atomic mass is 10.1.